The fraction of sp³-hybridized carbons (Fsp3) is 0.533. The maximum absolute atomic E-state index is 12.7. The van der Waals surface area contributed by atoms with Crippen molar-refractivity contribution in [3.63, 3.8) is 0 Å². The van der Waals surface area contributed by atoms with Gasteiger partial charge in [0.25, 0.3) is 0 Å². The quantitative estimate of drug-likeness (QED) is 0.912. The van der Waals surface area contributed by atoms with E-state index >= 15 is 0 Å². The highest BCUT2D eigenvalue weighted by atomic mass is 35.5. The number of piperidine rings is 1. The number of rotatable bonds is 2. The van der Waals surface area contributed by atoms with Gasteiger partial charge in [0.1, 0.15) is 0 Å². The van der Waals surface area contributed by atoms with Gasteiger partial charge in [-0.25, -0.2) is 0 Å². The van der Waals surface area contributed by atoms with E-state index in [1.54, 1.807) is 0 Å². The summed E-state index contributed by atoms with van der Waals surface area (Å²) in [6.45, 7) is 1.59. The summed E-state index contributed by atoms with van der Waals surface area (Å²) >= 11 is 6.05. The zero-order valence-corrected chi connectivity index (χ0v) is 12.9. The Hall–Kier alpha value is -0.770. The summed E-state index contributed by atoms with van der Waals surface area (Å²) in [5.74, 6) is 0.265. The first-order valence-electron chi connectivity index (χ1n) is 6.93. The van der Waals surface area contributed by atoms with Crippen LogP contribution in [0.25, 0.3) is 0 Å². The average molecular weight is 315 g/mol. The number of halogens is 2. The van der Waals surface area contributed by atoms with E-state index in [-0.39, 0.29) is 29.8 Å². The number of nitrogens with zero attached hydrogens (tertiary/aromatic N) is 1. The molecule has 1 amide bonds. The smallest absolute Gasteiger partial charge is 0.233 e. The Morgan fingerprint density at radius 2 is 1.95 bits per heavy atom. The van der Waals surface area contributed by atoms with E-state index in [2.05, 4.69) is 0 Å². The van der Waals surface area contributed by atoms with Crippen LogP contribution in [0.5, 0.6) is 0 Å². The third-order valence-corrected chi connectivity index (χ3v) is 4.60. The van der Waals surface area contributed by atoms with Gasteiger partial charge in [0.2, 0.25) is 5.91 Å². The number of benzene rings is 1. The van der Waals surface area contributed by atoms with Crippen LogP contribution in [0, 0.1) is 0 Å². The lowest BCUT2D eigenvalue weighted by atomic mass is 9.93. The zero-order chi connectivity index (χ0) is 13.5. The minimum absolute atomic E-state index is 0. The van der Waals surface area contributed by atoms with Crippen LogP contribution >= 0.6 is 24.0 Å². The van der Waals surface area contributed by atoms with Crippen molar-refractivity contribution in [2.24, 2.45) is 5.73 Å². The van der Waals surface area contributed by atoms with Gasteiger partial charge in [-0.2, -0.15) is 0 Å². The molecule has 1 aromatic rings. The number of hydrogen-bond donors (Lipinski definition) is 1. The molecule has 0 bridgehead atoms. The number of hydrogen-bond acceptors (Lipinski definition) is 2. The summed E-state index contributed by atoms with van der Waals surface area (Å²) < 4.78 is 0. The normalized spacial score (nSPS) is 21.2. The summed E-state index contributed by atoms with van der Waals surface area (Å²) in [6.07, 6.45) is 3.71. The van der Waals surface area contributed by atoms with E-state index in [1.165, 1.54) is 0 Å². The predicted molar refractivity (Wildman–Crippen MR) is 83.4 cm³/mol. The first-order valence-corrected chi connectivity index (χ1v) is 7.31. The SMILES string of the molecule is Cl.NC1CCN(C(=O)C2(c3cccc(Cl)c3)CC2)CC1. The number of carbonyl (C=O) groups excluding carboxylic acids is 1. The van der Waals surface area contributed by atoms with Crippen LogP contribution in [-0.2, 0) is 10.2 Å². The molecule has 0 radical (unpaired) electrons. The van der Waals surface area contributed by atoms with Gasteiger partial charge in [0, 0.05) is 24.2 Å². The second-order valence-corrected chi connectivity index (χ2v) is 6.16. The molecule has 0 unspecified atom stereocenters. The number of likely N-dealkylation sites (tertiary alicyclic amines) is 1. The van der Waals surface area contributed by atoms with Crippen molar-refractivity contribution in [2.75, 3.05) is 13.1 Å². The molecule has 1 saturated carbocycles. The molecular weight excluding hydrogens is 295 g/mol. The van der Waals surface area contributed by atoms with Gasteiger partial charge in [-0.3, -0.25) is 4.79 Å². The van der Waals surface area contributed by atoms with Crippen LogP contribution in [0.2, 0.25) is 5.02 Å². The summed E-state index contributed by atoms with van der Waals surface area (Å²) in [6, 6.07) is 7.99. The van der Waals surface area contributed by atoms with Gasteiger partial charge in [-0.1, -0.05) is 23.7 Å². The van der Waals surface area contributed by atoms with E-state index in [0.29, 0.717) is 5.02 Å². The van der Waals surface area contributed by atoms with E-state index in [1.807, 2.05) is 29.2 Å². The molecule has 110 valence electrons. The van der Waals surface area contributed by atoms with Crippen LogP contribution in [0.3, 0.4) is 0 Å². The lowest BCUT2D eigenvalue weighted by Gasteiger charge is -2.33. The highest BCUT2D eigenvalue weighted by molar-refractivity contribution is 6.30. The van der Waals surface area contributed by atoms with E-state index < -0.39 is 0 Å². The average Bonchev–Trinajstić information content (AvgIpc) is 3.20. The van der Waals surface area contributed by atoms with Crippen LogP contribution in [0.15, 0.2) is 24.3 Å². The lowest BCUT2D eigenvalue weighted by Crippen LogP contribution is -2.46. The fourth-order valence-corrected chi connectivity index (χ4v) is 3.13. The van der Waals surface area contributed by atoms with Gasteiger partial charge in [0.15, 0.2) is 0 Å². The van der Waals surface area contributed by atoms with Crippen LogP contribution in [0.1, 0.15) is 31.2 Å². The molecule has 1 heterocycles. The van der Waals surface area contributed by atoms with Gasteiger partial charge in [0.05, 0.1) is 5.41 Å². The maximum atomic E-state index is 12.7. The summed E-state index contributed by atoms with van der Waals surface area (Å²) in [7, 11) is 0. The van der Waals surface area contributed by atoms with Gasteiger partial charge in [-0.05, 0) is 43.4 Å². The van der Waals surface area contributed by atoms with Gasteiger partial charge in [-0.15, -0.1) is 12.4 Å². The molecule has 2 fully saturated rings. The maximum Gasteiger partial charge on any atom is 0.233 e. The molecule has 0 spiro atoms. The molecule has 20 heavy (non-hydrogen) atoms. The minimum Gasteiger partial charge on any atom is -0.342 e. The topological polar surface area (TPSA) is 46.3 Å². The van der Waals surface area contributed by atoms with Crippen molar-refractivity contribution < 1.29 is 4.79 Å². The Balaban J connectivity index is 0.00000147. The third-order valence-electron chi connectivity index (χ3n) is 4.36. The largest absolute Gasteiger partial charge is 0.342 e. The third kappa shape index (κ3) is 2.80. The molecule has 0 aromatic heterocycles. The Labute approximate surface area is 130 Å². The molecule has 3 rings (SSSR count). The Bertz CT molecular complexity index is 494. The molecule has 1 aliphatic carbocycles. The second kappa shape index (κ2) is 5.92. The van der Waals surface area contributed by atoms with E-state index in [0.717, 1.165) is 44.3 Å². The fourth-order valence-electron chi connectivity index (χ4n) is 2.94. The molecule has 2 N–H and O–H groups in total. The number of carbonyl (C=O) groups is 1. The summed E-state index contributed by atoms with van der Waals surface area (Å²) in [5.41, 5.74) is 6.67. The highest BCUT2D eigenvalue weighted by Crippen LogP contribution is 2.50. The van der Waals surface area contributed by atoms with Crippen LogP contribution in [0.4, 0.5) is 0 Å². The molecule has 3 nitrogen and oxygen atoms in total. The molecule has 1 saturated heterocycles. The molecular formula is C15H20Cl2N2O. The van der Waals surface area contributed by atoms with Crippen LogP contribution < -0.4 is 5.73 Å². The first-order chi connectivity index (χ1) is 9.12. The van der Waals surface area contributed by atoms with Gasteiger partial charge >= 0.3 is 0 Å². The lowest BCUT2D eigenvalue weighted by molar-refractivity contribution is -0.135. The Morgan fingerprint density at radius 3 is 2.50 bits per heavy atom. The molecule has 5 heteroatoms. The number of amides is 1. The second-order valence-electron chi connectivity index (χ2n) is 5.72. The summed E-state index contributed by atoms with van der Waals surface area (Å²) in [5, 5.41) is 0.706. The summed E-state index contributed by atoms with van der Waals surface area (Å²) in [4.78, 5) is 14.7. The molecule has 1 aliphatic heterocycles. The number of nitrogens with two attached hydrogens (primary N) is 1. The molecule has 1 aromatic carbocycles. The molecule has 0 atom stereocenters. The highest BCUT2D eigenvalue weighted by Gasteiger charge is 2.53. The van der Waals surface area contributed by atoms with Crippen molar-refractivity contribution in [1.29, 1.82) is 0 Å². The first kappa shape index (κ1) is 15.6. The van der Waals surface area contributed by atoms with Crippen molar-refractivity contribution >= 4 is 29.9 Å². The standard InChI is InChI=1S/C15H19ClN2O.ClH/c16-12-3-1-2-11(10-12)15(6-7-15)14(19)18-8-4-13(17)5-9-18;/h1-3,10,13H,4-9,17H2;1H. The van der Waals surface area contributed by atoms with Crippen molar-refractivity contribution in [3.8, 4) is 0 Å². The van der Waals surface area contributed by atoms with Gasteiger partial charge < -0.3 is 10.6 Å². The van der Waals surface area contributed by atoms with E-state index in [4.69, 9.17) is 17.3 Å². The van der Waals surface area contributed by atoms with Crippen molar-refractivity contribution in [2.45, 2.75) is 37.1 Å². The van der Waals surface area contributed by atoms with Crippen LogP contribution in [-0.4, -0.2) is 29.9 Å². The monoisotopic (exact) mass is 314 g/mol. The van der Waals surface area contributed by atoms with Crippen molar-refractivity contribution in [3.05, 3.63) is 34.9 Å². The Kier molecular flexibility index (Phi) is 4.62. The zero-order valence-electron chi connectivity index (χ0n) is 11.3. The van der Waals surface area contributed by atoms with E-state index in [9.17, 15) is 4.79 Å². The molecule has 2 aliphatic rings. The Morgan fingerprint density at radius 1 is 1.30 bits per heavy atom. The minimum atomic E-state index is -0.299. The predicted octanol–water partition coefficient (Wildman–Crippen LogP) is 2.74. The van der Waals surface area contributed by atoms with Crippen molar-refractivity contribution in [1.82, 2.24) is 4.90 Å².